The van der Waals surface area contributed by atoms with Crippen molar-refractivity contribution in [3.05, 3.63) is 11.6 Å². The van der Waals surface area contributed by atoms with Crippen LogP contribution in [0.5, 0.6) is 0 Å². The SMILES string of the molecule is C[C@@H]1CC2(NC(=O)CS2)[C@]2(O)O[C@@H]3C[C@@]4(CO)[C@@H](CC[C@@H]5[C@@H]4CC[C@]4(C)[C@@H](C6=CC(=O)OC6)CC[C@]54O)C[C@H]3O[C@@H]2O1. The highest BCUT2D eigenvalue weighted by Gasteiger charge is 2.72. The van der Waals surface area contributed by atoms with Crippen LogP contribution in [0.1, 0.15) is 71.6 Å². The number of esters is 1. The van der Waals surface area contributed by atoms with Crippen molar-refractivity contribution in [2.24, 2.45) is 34.5 Å². The number of aliphatic hydroxyl groups is 3. The van der Waals surface area contributed by atoms with Gasteiger partial charge in [0.2, 0.25) is 12.2 Å². The van der Waals surface area contributed by atoms with Crippen LogP contribution in [-0.2, 0) is 28.5 Å². The van der Waals surface area contributed by atoms with Gasteiger partial charge in [0.25, 0.3) is 5.79 Å². The summed E-state index contributed by atoms with van der Waals surface area (Å²) in [6, 6.07) is 0. The molecular formula is C31H43NO9S. The van der Waals surface area contributed by atoms with E-state index in [0.29, 0.717) is 32.3 Å². The molecule has 11 heteroatoms. The van der Waals surface area contributed by atoms with Gasteiger partial charge >= 0.3 is 5.97 Å². The molecule has 10 nitrogen and oxygen atoms in total. The monoisotopic (exact) mass is 605 g/mol. The molecular weight excluding hydrogens is 562 g/mol. The Morgan fingerprint density at radius 2 is 1.88 bits per heavy atom. The zero-order valence-corrected chi connectivity index (χ0v) is 25.2. The number of thioether (sulfide) groups is 1. The van der Waals surface area contributed by atoms with Gasteiger partial charge in [0, 0.05) is 29.9 Å². The van der Waals surface area contributed by atoms with Crippen molar-refractivity contribution in [3.8, 4) is 0 Å². The molecule has 4 aliphatic heterocycles. The molecule has 3 saturated heterocycles. The van der Waals surface area contributed by atoms with Crippen LogP contribution in [0.3, 0.4) is 0 Å². The number of carbonyl (C=O) groups excluding carboxylic acids is 2. The third-order valence-corrected chi connectivity index (χ3v) is 14.7. The summed E-state index contributed by atoms with van der Waals surface area (Å²) in [5.41, 5.74) is -0.721. The Morgan fingerprint density at radius 1 is 1.05 bits per heavy atom. The normalized spacial score (nSPS) is 56.5. The van der Waals surface area contributed by atoms with E-state index in [4.69, 9.17) is 18.9 Å². The summed E-state index contributed by atoms with van der Waals surface area (Å²) in [4.78, 5) is 23.2. The highest BCUT2D eigenvalue weighted by Crippen LogP contribution is 2.70. The number of ether oxygens (including phenoxy) is 4. The van der Waals surface area contributed by atoms with E-state index in [0.717, 1.165) is 37.7 Å². The van der Waals surface area contributed by atoms with Gasteiger partial charge in [0.15, 0.2) is 0 Å². The van der Waals surface area contributed by atoms with Crippen molar-refractivity contribution < 1.29 is 43.9 Å². The smallest absolute Gasteiger partial charge is 0.331 e. The van der Waals surface area contributed by atoms with Gasteiger partial charge in [0.05, 0.1) is 29.7 Å². The number of carbonyl (C=O) groups is 2. The fourth-order valence-corrected chi connectivity index (χ4v) is 12.6. The Morgan fingerprint density at radius 3 is 2.60 bits per heavy atom. The van der Waals surface area contributed by atoms with Gasteiger partial charge in [-0.05, 0) is 87.5 Å². The maximum absolute atomic E-state index is 12.6. The Bertz CT molecular complexity index is 1230. The molecule has 1 amide bonds. The molecule has 7 fully saturated rings. The Labute approximate surface area is 250 Å². The van der Waals surface area contributed by atoms with Gasteiger partial charge < -0.3 is 39.6 Å². The van der Waals surface area contributed by atoms with Crippen molar-refractivity contribution in [2.75, 3.05) is 19.0 Å². The maximum Gasteiger partial charge on any atom is 0.331 e. The molecule has 4 saturated carbocycles. The summed E-state index contributed by atoms with van der Waals surface area (Å²) in [6.07, 6.45) is 6.18. The molecule has 4 heterocycles. The van der Waals surface area contributed by atoms with Crippen LogP contribution in [-0.4, -0.2) is 87.0 Å². The molecule has 8 aliphatic rings. The second-order valence-corrected chi connectivity index (χ2v) is 16.1. The highest BCUT2D eigenvalue weighted by molar-refractivity contribution is 8.01. The average Bonchev–Trinajstić information content (AvgIpc) is 3.62. The first-order valence-electron chi connectivity index (χ1n) is 15.8. The number of cyclic esters (lactones) is 1. The Kier molecular flexibility index (Phi) is 6.18. The molecule has 13 atom stereocenters. The second kappa shape index (κ2) is 9.17. The van der Waals surface area contributed by atoms with Crippen LogP contribution in [0.4, 0.5) is 0 Å². The van der Waals surface area contributed by atoms with E-state index in [9.17, 15) is 24.9 Å². The number of rotatable bonds is 2. The minimum absolute atomic E-state index is 0.0127. The average molecular weight is 606 g/mol. The fraction of sp³-hybridized carbons (Fsp3) is 0.871. The third-order valence-electron chi connectivity index (χ3n) is 13.2. The van der Waals surface area contributed by atoms with Crippen LogP contribution < -0.4 is 5.32 Å². The minimum Gasteiger partial charge on any atom is -0.458 e. The van der Waals surface area contributed by atoms with Gasteiger partial charge in [0.1, 0.15) is 11.5 Å². The van der Waals surface area contributed by atoms with Crippen molar-refractivity contribution >= 4 is 23.6 Å². The minimum atomic E-state index is -1.86. The van der Waals surface area contributed by atoms with Crippen LogP contribution in [0.25, 0.3) is 0 Å². The summed E-state index contributed by atoms with van der Waals surface area (Å²) < 4.78 is 24.5. The van der Waals surface area contributed by atoms with Crippen molar-refractivity contribution in [1.29, 1.82) is 0 Å². The van der Waals surface area contributed by atoms with E-state index in [1.807, 2.05) is 6.92 Å². The number of aliphatic hydroxyl groups excluding tert-OH is 1. The maximum atomic E-state index is 12.6. The van der Waals surface area contributed by atoms with Crippen LogP contribution in [0.2, 0.25) is 0 Å². The van der Waals surface area contributed by atoms with Crippen molar-refractivity contribution in [2.45, 2.75) is 112 Å². The summed E-state index contributed by atoms with van der Waals surface area (Å²) >= 11 is 1.35. The van der Waals surface area contributed by atoms with Crippen LogP contribution in [0, 0.1) is 34.5 Å². The highest BCUT2D eigenvalue weighted by atomic mass is 32.2. The number of hydrogen-bond donors (Lipinski definition) is 4. The Hall–Kier alpha value is -1.21. The molecule has 0 aromatic rings. The first-order chi connectivity index (χ1) is 20.0. The zero-order chi connectivity index (χ0) is 29.3. The molecule has 0 aromatic heterocycles. The van der Waals surface area contributed by atoms with Gasteiger partial charge in [-0.25, -0.2) is 4.79 Å². The van der Waals surface area contributed by atoms with Crippen LogP contribution >= 0.6 is 11.8 Å². The van der Waals surface area contributed by atoms with Crippen LogP contribution in [0.15, 0.2) is 11.6 Å². The fourth-order valence-electron chi connectivity index (χ4n) is 11.3. The molecule has 4 N–H and O–H groups in total. The quantitative estimate of drug-likeness (QED) is 0.273. The van der Waals surface area contributed by atoms with Gasteiger partial charge in [-0.2, -0.15) is 0 Å². The lowest BCUT2D eigenvalue weighted by molar-refractivity contribution is -0.449. The number of nitrogens with one attached hydrogen (secondary N) is 1. The van der Waals surface area contributed by atoms with E-state index >= 15 is 0 Å². The molecule has 4 aliphatic carbocycles. The first kappa shape index (κ1) is 28.3. The molecule has 0 radical (unpaired) electrons. The van der Waals surface area contributed by atoms with E-state index in [1.54, 1.807) is 6.08 Å². The zero-order valence-electron chi connectivity index (χ0n) is 24.4. The predicted molar refractivity (Wildman–Crippen MR) is 149 cm³/mol. The van der Waals surface area contributed by atoms with E-state index in [2.05, 4.69) is 12.2 Å². The number of hydrogen-bond acceptors (Lipinski definition) is 10. The van der Waals surface area contributed by atoms with Gasteiger partial charge in [-0.3, -0.25) is 4.79 Å². The first-order valence-corrected chi connectivity index (χ1v) is 16.8. The summed E-state index contributed by atoms with van der Waals surface area (Å²) in [7, 11) is 0. The van der Waals surface area contributed by atoms with Gasteiger partial charge in [-0.15, -0.1) is 11.8 Å². The number of amides is 1. The summed E-state index contributed by atoms with van der Waals surface area (Å²) in [5.74, 6) is -1.62. The molecule has 1 unspecified atom stereocenters. The molecule has 0 aromatic carbocycles. The standard InChI is InChI=1S/C31H43NO9S/c1-16-11-30(32-24(34)14-42-30)31(37)26(39-16)40-22-10-18-3-4-21-20(28(18,15-33)12-23(22)41-31)5-7-27(2)19(6-8-29(21,27)36)17-9-25(35)38-13-17/h9,16,18-23,26,33,36-37H,3-8,10-15H2,1-2H3,(H,32,34)/t16-,18+,19-,20+,21-,22-,23-,26+,27-,28-,29+,30?,31-/m1/s1. The summed E-state index contributed by atoms with van der Waals surface area (Å²) in [5, 5.41) is 38.9. The largest absolute Gasteiger partial charge is 0.458 e. The third kappa shape index (κ3) is 3.50. The van der Waals surface area contributed by atoms with Gasteiger partial charge in [-0.1, -0.05) is 6.92 Å². The topological polar surface area (TPSA) is 144 Å². The molecule has 0 bridgehead atoms. The number of fused-ring (bicyclic) bond motifs is 8. The lowest BCUT2D eigenvalue weighted by Gasteiger charge is -2.66. The van der Waals surface area contributed by atoms with E-state index in [-0.39, 0.29) is 65.5 Å². The lowest BCUT2D eigenvalue weighted by Crippen LogP contribution is -2.76. The van der Waals surface area contributed by atoms with Crippen molar-refractivity contribution in [3.63, 3.8) is 0 Å². The predicted octanol–water partition coefficient (Wildman–Crippen LogP) is 1.99. The van der Waals surface area contributed by atoms with Crippen molar-refractivity contribution in [1.82, 2.24) is 5.32 Å². The molecule has 8 rings (SSSR count). The molecule has 232 valence electrons. The Balaban J connectivity index is 1.10. The molecule has 42 heavy (non-hydrogen) atoms. The van der Waals surface area contributed by atoms with E-state index in [1.165, 1.54) is 11.8 Å². The molecule has 1 spiro atoms. The second-order valence-electron chi connectivity index (χ2n) is 14.8. The summed E-state index contributed by atoms with van der Waals surface area (Å²) in [6.45, 7) is 4.42. The lowest BCUT2D eigenvalue weighted by atomic mass is 9.42. The van der Waals surface area contributed by atoms with E-state index < -0.39 is 34.1 Å².